The lowest BCUT2D eigenvalue weighted by molar-refractivity contribution is 0.424. The molecule has 1 atom stereocenters. The number of nitrogens with zero attached hydrogens (tertiary/aromatic N) is 3. The Labute approximate surface area is 101 Å². The molecule has 16 heavy (non-hydrogen) atoms. The summed E-state index contributed by atoms with van der Waals surface area (Å²) in [5, 5.41) is 6.62. The van der Waals surface area contributed by atoms with Crippen LogP contribution in [0.1, 0.15) is 23.8 Å². The van der Waals surface area contributed by atoms with Crippen molar-refractivity contribution in [3.05, 3.63) is 16.2 Å². The van der Waals surface area contributed by atoms with E-state index in [0.29, 0.717) is 17.4 Å². The monoisotopic (exact) mass is 256 g/mol. The second-order valence-electron chi connectivity index (χ2n) is 3.31. The van der Waals surface area contributed by atoms with Crippen molar-refractivity contribution in [2.45, 2.75) is 18.7 Å². The molecule has 2 N–H and O–H groups in total. The first-order valence-corrected chi connectivity index (χ1v) is 7.01. The molecule has 0 radical (unpaired) electrons. The Morgan fingerprint density at radius 1 is 1.56 bits per heavy atom. The predicted molar refractivity (Wildman–Crippen MR) is 65.2 cm³/mol. The number of hydrogen-bond donors (Lipinski definition) is 1. The summed E-state index contributed by atoms with van der Waals surface area (Å²) < 4.78 is 5.13. The average Bonchev–Trinajstić information content (AvgIpc) is 2.84. The van der Waals surface area contributed by atoms with Gasteiger partial charge < -0.3 is 10.3 Å². The van der Waals surface area contributed by atoms with Crippen molar-refractivity contribution in [2.24, 2.45) is 5.73 Å². The molecule has 2 aromatic heterocycles. The summed E-state index contributed by atoms with van der Waals surface area (Å²) in [7, 11) is 0. The molecule has 7 heteroatoms. The topological polar surface area (TPSA) is 77.8 Å². The van der Waals surface area contributed by atoms with Gasteiger partial charge >= 0.3 is 0 Å². The summed E-state index contributed by atoms with van der Waals surface area (Å²) in [5.41, 5.74) is 6.44. The van der Waals surface area contributed by atoms with E-state index in [9.17, 15) is 0 Å². The third-order valence-electron chi connectivity index (χ3n) is 1.87. The second-order valence-corrected chi connectivity index (χ2v) is 5.06. The van der Waals surface area contributed by atoms with E-state index in [4.69, 9.17) is 10.3 Å². The molecule has 0 aliphatic carbocycles. The van der Waals surface area contributed by atoms with Crippen LogP contribution < -0.4 is 5.73 Å². The van der Waals surface area contributed by atoms with E-state index in [1.54, 1.807) is 11.8 Å². The molecule has 2 rings (SSSR count). The Hall–Kier alpha value is -0.920. The van der Waals surface area contributed by atoms with Crippen LogP contribution in [-0.4, -0.2) is 21.4 Å². The van der Waals surface area contributed by atoms with Crippen LogP contribution >= 0.6 is 23.1 Å². The van der Waals surface area contributed by atoms with Gasteiger partial charge in [-0.25, -0.2) is 4.98 Å². The summed E-state index contributed by atoms with van der Waals surface area (Å²) in [6.45, 7) is 1.90. The molecule has 0 amide bonds. The van der Waals surface area contributed by atoms with E-state index in [1.165, 1.54) is 11.3 Å². The van der Waals surface area contributed by atoms with Crippen LogP contribution in [0.5, 0.6) is 0 Å². The maximum atomic E-state index is 5.74. The molecule has 2 heterocycles. The van der Waals surface area contributed by atoms with Gasteiger partial charge in [0.2, 0.25) is 0 Å². The fourth-order valence-electron chi connectivity index (χ4n) is 1.14. The fourth-order valence-corrected chi connectivity index (χ4v) is 2.27. The smallest absolute Gasteiger partial charge is 0.277 e. The van der Waals surface area contributed by atoms with Crippen LogP contribution in [0, 0.1) is 0 Å². The van der Waals surface area contributed by atoms with Crippen molar-refractivity contribution < 1.29 is 4.52 Å². The van der Waals surface area contributed by atoms with Crippen molar-refractivity contribution in [2.75, 3.05) is 6.26 Å². The molecule has 0 spiro atoms. The highest BCUT2D eigenvalue weighted by molar-refractivity contribution is 7.97. The highest BCUT2D eigenvalue weighted by atomic mass is 32.2. The number of aromatic nitrogens is 3. The van der Waals surface area contributed by atoms with Crippen LogP contribution in [0.25, 0.3) is 11.6 Å². The van der Waals surface area contributed by atoms with E-state index < -0.39 is 0 Å². The summed E-state index contributed by atoms with van der Waals surface area (Å²) in [6.07, 6.45) is 1.99. The van der Waals surface area contributed by atoms with Crippen LogP contribution in [0.4, 0.5) is 0 Å². The lowest BCUT2D eigenvalue weighted by atomic mass is 10.4. The highest BCUT2D eigenvalue weighted by Crippen LogP contribution is 2.23. The Morgan fingerprint density at radius 3 is 3.00 bits per heavy atom. The molecule has 2 aromatic rings. The summed E-state index contributed by atoms with van der Waals surface area (Å²) in [6, 6.07) is -0.0626. The lowest BCUT2D eigenvalue weighted by Crippen LogP contribution is -2.03. The molecule has 86 valence electrons. The van der Waals surface area contributed by atoms with Crippen molar-refractivity contribution in [1.82, 2.24) is 15.1 Å². The molecule has 0 aromatic carbocycles. The molecule has 0 aliphatic rings. The van der Waals surface area contributed by atoms with E-state index >= 15 is 0 Å². The molecule has 0 aliphatic heterocycles. The molecule has 0 saturated heterocycles. The van der Waals surface area contributed by atoms with E-state index in [-0.39, 0.29) is 6.04 Å². The van der Waals surface area contributed by atoms with Crippen molar-refractivity contribution >= 4 is 23.1 Å². The third-order valence-corrected chi connectivity index (χ3v) is 3.46. The van der Waals surface area contributed by atoms with Gasteiger partial charge in [-0.2, -0.15) is 16.7 Å². The van der Waals surface area contributed by atoms with Gasteiger partial charge in [0.25, 0.3) is 5.89 Å². The van der Waals surface area contributed by atoms with Crippen LogP contribution in [-0.2, 0) is 5.75 Å². The number of thiazole rings is 1. The van der Waals surface area contributed by atoms with Crippen LogP contribution in [0.2, 0.25) is 0 Å². The Balaban J connectivity index is 2.21. The molecular formula is C9H12N4OS2. The molecule has 5 nitrogen and oxygen atoms in total. The minimum Gasteiger partial charge on any atom is -0.332 e. The number of thioether (sulfide) groups is 1. The molecule has 1 unspecified atom stereocenters. The first-order valence-electron chi connectivity index (χ1n) is 4.73. The normalized spacial score (nSPS) is 12.9. The van der Waals surface area contributed by atoms with E-state index in [0.717, 1.165) is 10.8 Å². The Kier molecular flexibility index (Phi) is 3.57. The average molecular weight is 256 g/mol. The zero-order valence-corrected chi connectivity index (χ0v) is 10.6. The summed E-state index contributed by atoms with van der Waals surface area (Å²) in [5.74, 6) is 1.90. The summed E-state index contributed by atoms with van der Waals surface area (Å²) >= 11 is 3.16. The third kappa shape index (κ3) is 2.42. The Bertz CT molecular complexity index is 466. The van der Waals surface area contributed by atoms with E-state index in [1.807, 2.05) is 18.6 Å². The number of hydrogen-bond acceptors (Lipinski definition) is 7. The van der Waals surface area contributed by atoms with Crippen molar-refractivity contribution in [3.63, 3.8) is 0 Å². The van der Waals surface area contributed by atoms with Crippen molar-refractivity contribution in [3.8, 4) is 11.6 Å². The van der Waals surface area contributed by atoms with Crippen LogP contribution in [0.15, 0.2) is 9.90 Å². The van der Waals surface area contributed by atoms with Gasteiger partial charge in [-0.05, 0) is 13.2 Å². The van der Waals surface area contributed by atoms with Gasteiger partial charge in [0, 0.05) is 5.38 Å². The van der Waals surface area contributed by atoms with Gasteiger partial charge in [0.05, 0.1) is 11.8 Å². The maximum absolute atomic E-state index is 5.74. The maximum Gasteiger partial charge on any atom is 0.277 e. The number of rotatable bonds is 4. The van der Waals surface area contributed by atoms with Gasteiger partial charge in [-0.3, -0.25) is 0 Å². The largest absolute Gasteiger partial charge is 0.332 e. The van der Waals surface area contributed by atoms with Gasteiger partial charge in [0.15, 0.2) is 5.82 Å². The zero-order valence-electron chi connectivity index (χ0n) is 9.01. The molecule has 0 bridgehead atoms. The standard InChI is InChI=1S/C9H12N4OS2/c1-5(10)9-11-6(3-16-9)8-12-7(4-15-2)13-14-8/h3,5H,4,10H2,1-2H3. The molecule has 0 saturated carbocycles. The Morgan fingerprint density at radius 2 is 2.38 bits per heavy atom. The zero-order chi connectivity index (χ0) is 11.5. The SMILES string of the molecule is CSCc1noc(-c2csc(C(C)N)n2)n1. The highest BCUT2D eigenvalue weighted by Gasteiger charge is 2.13. The minimum absolute atomic E-state index is 0.0626. The van der Waals surface area contributed by atoms with Crippen molar-refractivity contribution in [1.29, 1.82) is 0 Å². The number of nitrogens with two attached hydrogens (primary N) is 1. The first-order chi connectivity index (χ1) is 7.70. The fraction of sp³-hybridized carbons (Fsp3) is 0.444. The molecular weight excluding hydrogens is 244 g/mol. The van der Waals surface area contributed by atoms with E-state index in [2.05, 4.69) is 15.1 Å². The quantitative estimate of drug-likeness (QED) is 0.902. The molecule has 0 fully saturated rings. The lowest BCUT2D eigenvalue weighted by Gasteiger charge is -1.95. The predicted octanol–water partition coefficient (Wildman–Crippen LogP) is 2.08. The van der Waals surface area contributed by atoms with Crippen LogP contribution in [0.3, 0.4) is 0 Å². The summed E-state index contributed by atoms with van der Waals surface area (Å²) in [4.78, 5) is 8.59. The minimum atomic E-state index is -0.0626. The van der Waals surface area contributed by atoms with Gasteiger partial charge in [-0.1, -0.05) is 5.16 Å². The van der Waals surface area contributed by atoms with Gasteiger partial charge in [0.1, 0.15) is 10.7 Å². The first kappa shape index (κ1) is 11.6. The van der Waals surface area contributed by atoms with Gasteiger partial charge in [-0.15, -0.1) is 11.3 Å². The second kappa shape index (κ2) is 4.94.